The summed E-state index contributed by atoms with van der Waals surface area (Å²) in [5.41, 5.74) is 2.22. The Balaban J connectivity index is 1.48. The first-order chi connectivity index (χ1) is 13.1. The van der Waals surface area contributed by atoms with Gasteiger partial charge in [0.15, 0.2) is 0 Å². The summed E-state index contributed by atoms with van der Waals surface area (Å²) in [5.74, 6) is 0.849. The molecule has 140 valence electrons. The normalized spacial score (nSPS) is 10.7. The molecule has 0 aliphatic carbocycles. The molecule has 0 atom stereocenters. The number of carbonyl (C=O) groups excluding carboxylic acids is 1. The van der Waals surface area contributed by atoms with Crippen molar-refractivity contribution in [3.63, 3.8) is 0 Å². The van der Waals surface area contributed by atoms with E-state index in [1.807, 2.05) is 36.6 Å². The van der Waals surface area contributed by atoms with Gasteiger partial charge >= 0.3 is 0 Å². The van der Waals surface area contributed by atoms with Crippen molar-refractivity contribution in [2.75, 3.05) is 19.1 Å². The fraction of sp³-hybridized carbons (Fsp3) is 0.250. The molecule has 0 aliphatic heterocycles. The smallest absolute Gasteiger partial charge is 0.277 e. The van der Waals surface area contributed by atoms with Gasteiger partial charge in [-0.3, -0.25) is 4.79 Å². The molecule has 0 saturated carbocycles. The van der Waals surface area contributed by atoms with Crippen LogP contribution in [0.1, 0.15) is 17.0 Å². The number of nitrogens with zero attached hydrogens (tertiary/aromatic N) is 3. The summed E-state index contributed by atoms with van der Waals surface area (Å²) in [7, 11) is 1.81. The van der Waals surface area contributed by atoms with E-state index in [4.69, 9.17) is 4.42 Å². The van der Waals surface area contributed by atoms with E-state index < -0.39 is 0 Å². The van der Waals surface area contributed by atoms with Crippen LogP contribution in [-0.2, 0) is 17.8 Å². The predicted octanol–water partition coefficient (Wildman–Crippen LogP) is 4.13. The Bertz CT molecular complexity index is 866. The first-order valence-corrected chi connectivity index (χ1v) is 10.7. The number of rotatable bonds is 8. The summed E-state index contributed by atoms with van der Waals surface area (Å²) in [5, 5.41) is 8.50. The van der Waals surface area contributed by atoms with Gasteiger partial charge in [0.1, 0.15) is 0 Å². The molecule has 3 aromatic rings. The first-order valence-electron chi connectivity index (χ1n) is 8.50. The van der Waals surface area contributed by atoms with Gasteiger partial charge in [-0.2, -0.15) is 0 Å². The summed E-state index contributed by atoms with van der Waals surface area (Å²) >= 11 is 2.97. The molecule has 0 aliphatic rings. The lowest BCUT2D eigenvalue weighted by molar-refractivity contribution is -0.127. The fourth-order valence-corrected chi connectivity index (χ4v) is 3.59. The quantitative estimate of drug-likeness (QED) is 0.531. The highest BCUT2D eigenvalue weighted by Gasteiger charge is 2.13. The molecule has 1 heterocycles. The first kappa shape index (κ1) is 19.5. The summed E-state index contributed by atoms with van der Waals surface area (Å²) in [6.45, 7) is 0.581. The molecule has 0 saturated heterocycles. The van der Waals surface area contributed by atoms with Crippen molar-refractivity contribution in [2.45, 2.75) is 23.1 Å². The summed E-state index contributed by atoms with van der Waals surface area (Å²) in [4.78, 5) is 15.3. The highest BCUT2D eigenvalue weighted by atomic mass is 32.2. The average molecular weight is 400 g/mol. The van der Waals surface area contributed by atoms with Crippen LogP contribution in [-0.4, -0.2) is 40.1 Å². The molecule has 1 amide bonds. The summed E-state index contributed by atoms with van der Waals surface area (Å²) in [6.07, 6.45) is 2.64. The molecule has 7 heteroatoms. The van der Waals surface area contributed by atoms with Crippen LogP contribution in [0, 0.1) is 0 Å². The van der Waals surface area contributed by atoms with Gasteiger partial charge in [0.25, 0.3) is 5.22 Å². The molecule has 3 rings (SSSR count). The van der Waals surface area contributed by atoms with Crippen LogP contribution < -0.4 is 0 Å². The van der Waals surface area contributed by atoms with Gasteiger partial charge in [0, 0.05) is 18.5 Å². The lowest BCUT2D eigenvalue weighted by Crippen LogP contribution is -2.27. The van der Waals surface area contributed by atoms with Crippen molar-refractivity contribution >= 4 is 29.4 Å². The Kier molecular flexibility index (Phi) is 6.95. The molecular formula is C20H21N3O2S2. The van der Waals surface area contributed by atoms with E-state index in [2.05, 4.69) is 34.5 Å². The van der Waals surface area contributed by atoms with Gasteiger partial charge in [-0.05, 0) is 29.5 Å². The SMILES string of the molecule is CSc1ccc(CN(C)C(=O)CSc2nnc(Cc3ccccc3)o2)cc1. The van der Waals surface area contributed by atoms with E-state index in [1.165, 1.54) is 16.7 Å². The Morgan fingerprint density at radius 2 is 1.78 bits per heavy atom. The van der Waals surface area contributed by atoms with E-state index in [0.29, 0.717) is 24.1 Å². The third kappa shape index (κ3) is 5.87. The maximum atomic E-state index is 12.4. The van der Waals surface area contributed by atoms with Gasteiger partial charge in [0.2, 0.25) is 11.8 Å². The molecule has 27 heavy (non-hydrogen) atoms. The van der Waals surface area contributed by atoms with E-state index in [1.54, 1.807) is 23.7 Å². The summed E-state index contributed by atoms with van der Waals surface area (Å²) in [6, 6.07) is 18.2. The average Bonchev–Trinajstić information content (AvgIpc) is 3.14. The molecule has 1 aromatic heterocycles. The van der Waals surface area contributed by atoms with Crippen LogP contribution >= 0.6 is 23.5 Å². The molecular weight excluding hydrogens is 378 g/mol. The van der Waals surface area contributed by atoms with Crippen molar-refractivity contribution in [1.29, 1.82) is 0 Å². The van der Waals surface area contributed by atoms with Gasteiger partial charge in [-0.25, -0.2) is 0 Å². The van der Waals surface area contributed by atoms with E-state index >= 15 is 0 Å². The van der Waals surface area contributed by atoms with Crippen LogP contribution in [0.2, 0.25) is 0 Å². The minimum Gasteiger partial charge on any atom is -0.416 e. The monoisotopic (exact) mass is 399 g/mol. The molecule has 0 bridgehead atoms. The van der Waals surface area contributed by atoms with Gasteiger partial charge in [-0.1, -0.05) is 54.2 Å². The van der Waals surface area contributed by atoms with Crippen LogP contribution in [0.25, 0.3) is 0 Å². The standard InChI is InChI=1S/C20H21N3O2S2/c1-23(13-16-8-10-17(26-2)11-9-16)19(24)14-27-20-22-21-18(25-20)12-15-6-4-3-5-7-15/h3-11H,12-14H2,1-2H3. The predicted molar refractivity (Wildman–Crippen MR) is 109 cm³/mol. The van der Waals surface area contributed by atoms with Crippen LogP contribution in [0.15, 0.2) is 69.1 Å². The second kappa shape index (κ2) is 9.62. The zero-order valence-electron chi connectivity index (χ0n) is 15.3. The van der Waals surface area contributed by atoms with Crippen molar-refractivity contribution < 1.29 is 9.21 Å². The zero-order chi connectivity index (χ0) is 19.1. The zero-order valence-corrected chi connectivity index (χ0v) is 16.9. The number of hydrogen-bond acceptors (Lipinski definition) is 6. The largest absolute Gasteiger partial charge is 0.416 e. The number of amides is 1. The maximum Gasteiger partial charge on any atom is 0.277 e. The Morgan fingerprint density at radius 3 is 2.48 bits per heavy atom. The third-order valence-electron chi connectivity index (χ3n) is 3.97. The van der Waals surface area contributed by atoms with E-state index in [-0.39, 0.29) is 11.7 Å². The topological polar surface area (TPSA) is 59.2 Å². The Labute approximate surface area is 167 Å². The number of hydrogen-bond donors (Lipinski definition) is 0. The second-order valence-corrected chi connectivity index (χ2v) is 7.82. The molecule has 0 spiro atoms. The van der Waals surface area contributed by atoms with Crippen molar-refractivity contribution in [3.8, 4) is 0 Å². The van der Waals surface area contributed by atoms with Crippen molar-refractivity contribution in [1.82, 2.24) is 15.1 Å². The van der Waals surface area contributed by atoms with Crippen molar-refractivity contribution in [2.24, 2.45) is 0 Å². The molecule has 0 unspecified atom stereocenters. The Hall–Kier alpha value is -2.25. The minimum atomic E-state index is 0.0248. The van der Waals surface area contributed by atoms with Crippen LogP contribution in [0.4, 0.5) is 0 Å². The van der Waals surface area contributed by atoms with E-state index in [9.17, 15) is 4.79 Å². The van der Waals surface area contributed by atoms with Gasteiger partial charge < -0.3 is 9.32 Å². The minimum absolute atomic E-state index is 0.0248. The third-order valence-corrected chi connectivity index (χ3v) is 5.52. The van der Waals surface area contributed by atoms with Crippen LogP contribution in [0.5, 0.6) is 0 Å². The summed E-state index contributed by atoms with van der Waals surface area (Å²) < 4.78 is 5.63. The molecule has 0 fully saturated rings. The van der Waals surface area contributed by atoms with Gasteiger partial charge in [0.05, 0.1) is 12.2 Å². The van der Waals surface area contributed by atoms with E-state index in [0.717, 1.165) is 11.1 Å². The molecule has 0 N–H and O–H groups in total. The fourth-order valence-electron chi connectivity index (χ4n) is 2.47. The highest BCUT2D eigenvalue weighted by molar-refractivity contribution is 7.99. The lowest BCUT2D eigenvalue weighted by atomic mass is 10.2. The molecule has 5 nitrogen and oxygen atoms in total. The highest BCUT2D eigenvalue weighted by Crippen LogP contribution is 2.19. The maximum absolute atomic E-state index is 12.4. The van der Waals surface area contributed by atoms with Crippen molar-refractivity contribution in [3.05, 3.63) is 71.6 Å². The number of aromatic nitrogens is 2. The number of thioether (sulfide) groups is 2. The van der Waals surface area contributed by atoms with Crippen LogP contribution in [0.3, 0.4) is 0 Å². The second-order valence-electron chi connectivity index (χ2n) is 6.01. The molecule has 0 radical (unpaired) electrons. The number of carbonyl (C=O) groups is 1. The Morgan fingerprint density at radius 1 is 1.04 bits per heavy atom. The number of benzene rings is 2. The molecule has 2 aromatic carbocycles. The van der Waals surface area contributed by atoms with Gasteiger partial charge in [-0.15, -0.1) is 22.0 Å². The lowest BCUT2D eigenvalue weighted by Gasteiger charge is -2.16.